The van der Waals surface area contributed by atoms with E-state index in [4.69, 9.17) is 0 Å². The van der Waals surface area contributed by atoms with Crippen molar-refractivity contribution >= 4 is 21.8 Å². The molecule has 96 valence electrons. The van der Waals surface area contributed by atoms with Gasteiger partial charge in [-0.2, -0.15) is 0 Å². The van der Waals surface area contributed by atoms with E-state index >= 15 is 0 Å². The minimum atomic E-state index is 0.0547. The van der Waals surface area contributed by atoms with E-state index in [1.54, 1.807) is 0 Å². The van der Waals surface area contributed by atoms with E-state index in [-0.39, 0.29) is 5.91 Å². The number of hydrogen-bond acceptors (Lipinski definition) is 1. The zero-order valence-electron chi connectivity index (χ0n) is 10.4. The van der Waals surface area contributed by atoms with E-state index in [9.17, 15) is 4.79 Å². The minimum Gasteiger partial charge on any atom is -0.352 e. The van der Waals surface area contributed by atoms with Crippen molar-refractivity contribution in [1.29, 1.82) is 0 Å². The molecule has 2 nitrogen and oxygen atoms in total. The molecule has 3 heteroatoms. The highest BCUT2D eigenvalue weighted by atomic mass is 79.9. The number of fused-ring (bicyclic) bond motifs is 2. The molecule has 1 aromatic rings. The zero-order chi connectivity index (χ0) is 12.5. The van der Waals surface area contributed by atoms with Crippen LogP contribution in [0.1, 0.15) is 36.0 Å². The van der Waals surface area contributed by atoms with Crippen LogP contribution in [0.15, 0.2) is 28.7 Å². The molecule has 0 radical (unpaired) electrons. The molecule has 0 aliphatic heterocycles. The first kappa shape index (κ1) is 12.2. The summed E-state index contributed by atoms with van der Waals surface area (Å²) in [5.41, 5.74) is 0.743. The average Bonchev–Trinajstić information content (AvgIpc) is 2.98. The SMILES string of the molecule is O=C(NC[C@H]1C[C@H]2CC[C@H]1C2)c1cccc(Br)c1. The Hall–Kier alpha value is -0.830. The molecule has 0 spiro atoms. The molecule has 3 rings (SSSR count). The first-order valence-electron chi connectivity index (χ1n) is 6.76. The van der Waals surface area contributed by atoms with E-state index in [1.807, 2.05) is 24.3 Å². The Morgan fingerprint density at radius 2 is 2.22 bits per heavy atom. The lowest BCUT2D eigenvalue weighted by Gasteiger charge is -2.21. The summed E-state index contributed by atoms with van der Waals surface area (Å²) in [4.78, 5) is 12.0. The Morgan fingerprint density at radius 1 is 1.33 bits per heavy atom. The first-order chi connectivity index (χ1) is 8.72. The number of halogens is 1. The monoisotopic (exact) mass is 307 g/mol. The van der Waals surface area contributed by atoms with Crippen molar-refractivity contribution in [3.8, 4) is 0 Å². The van der Waals surface area contributed by atoms with Crippen molar-refractivity contribution in [3.05, 3.63) is 34.3 Å². The highest BCUT2D eigenvalue weighted by molar-refractivity contribution is 9.10. The maximum absolute atomic E-state index is 12.0. The molecule has 2 saturated carbocycles. The number of rotatable bonds is 3. The summed E-state index contributed by atoms with van der Waals surface area (Å²) in [6.45, 7) is 0.854. The van der Waals surface area contributed by atoms with Crippen LogP contribution in [0.4, 0.5) is 0 Å². The van der Waals surface area contributed by atoms with Gasteiger partial charge in [0.2, 0.25) is 0 Å². The molecule has 2 fully saturated rings. The maximum atomic E-state index is 12.0. The number of carbonyl (C=O) groups excluding carboxylic acids is 1. The van der Waals surface area contributed by atoms with Crippen LogP contribution >= 0.6 is 15.9 Å². The van der Waals surface area contributed by atoms with E-state index in [0.29, 0.717) is 0 Å². The Morgan fingerprint density at radius 3 is 2.89 bits per heavy atom. The fourth-order valence-corrected chi connectivity index (χ4v) is 3.98. The van der Waals surface area contributed by atoms with Crippen molar-refractivity contribution in [2.75, 3.05) is 6.54 Å². The molecule has 0 unspecified atom stereocenters. The quantitative estimate of drug-likeness (QED) is 0.908. The van der Waals surface area contributed by atoms with Crippen LogP contribution in [-0.2, 0) is 0 Å². The molecule has 1 amide bonds. The second kappa shape index (κ2) is 5.04. The van der Waals surface area contributed by atoms with Crippen molar-refractivity contribution in [2.45, 2.75) is 25.7 Å². The molecule has 3 atom stereocenters. The van der Waals surface area contributed by atoms with Gasteiger partial charge in [-0.05, 0) is 55.2 Å². The third-order valence-corrected chi connectivity index (χ3v) is 4.99. The van der Waals surface area contributed by atoms with Gasteiger partial charge in [0.25, 0.3) is 5.91 Å². The van der Waals surface area contributed by atoms with Gasteiger partial charge in [0, 0.05) is 16.6 Å². The Labute approximate surface area is 116 Å². The molecule has 18 heavy (non-hydrogen) atoms. The standard InChI is InChI=1S/C15H18BrNO/c16-14-3-1-2-12(8-14)15(18)17-9-13-7-10-4-5-11(13)6-10/h1-3,8,10-11,13H,4-7,9H2,(H,17,18)/t10-,11-,13+/m0/s1. The van der Waals surface area contributed by atoms with Gasteiger partial charge < -0.3 is 5.32 Å². The lowest BCUT2D eigenvalue weighted by Crippen LogP contribution is -2.31. The summed E-state index contributed by atoms with van der Waals surface area (Å²) in [6, 6.07) is 7.57. The number of benzene rings is 1. The van der Waals surface area contributed by atoms with Gasteiger partial charge in [-0.1, -0.05) is 28.4 Å². The summed E-state index contributed by atoms with van der Waals surface area (Å²) in [6.07, 6.45) is 5.52. The van der Waals surface area contributed by atoms with E-state index in [0.717, 1.165) is 34.3 Å². The molecule has 0 heterocycles. The topological polar surface area (TPSA) is 29.1 Å². The summed E-state index contributed by atoms with van der Waals surface area (Å²) in [5, 5.41) is 3.09. The molecular formula is C15H18BrNO. The Bertz CT molecular complexity index is 460. The van der Waals surface area contributed by atoms with Crippen LogP contribution < -0.4 is 5.32 Å². The fraction of sp³-hybridized carbons (Fsp3) is 0.533. The van der Waals surface area contributed by atoms with Crippen LogP contribution in [0.3, 0.4) is 0 Å². The first-order valence-corrected chi connectivity index (χ1v) is 7.55. The fourth-order valence-electron chi connectivity index (χ4n) is 3.58. The van der Waals surface area contributed by atoms with E-state index < -0.39 is 0 Å². The van der Waals surface area contributed by atoms with Crippen LogP contribution in [0.2, 0.25) is 0 Å². The van der Waals surface area contributed by atoms with Crippen LogP contribution in [-0.4, -0.2) is 12.5 Å². The normalized spacial score (nSPS) is 29.5. The molecule has 1 aromatic carbocycles. The Kier molecular flexibility index (Phi) is 3.42. The van der Waals surface area contributed by atoms with Gasteiger partial charge >= 0.3 is 0 Å². The van der Waals surface area contributed by atoms with Gasteiger partial charge in [0.15, 0.2) is 0 Å². The lowest BCUT2D eigenvalue weighted by atomic mass is 9.89. The van der Waals surface area contributed by atoms with Gasteiger partial charge in [-0.25, -0.2) is 0 Å². The highest BCUT2D eigenvalue weighted by Crippen LogP contribution is 2.47. The average molecular weight is 308 g/mol. The summed E-state index contributed by atoms with van der Waals surface area (Å²) >= 11 is 3.39. The second-order valence-corrected chi connectivity index (χ2v) is 6.57. The predicted octanol–water partition coefficient (Wildman–Crippen LogP) is 3.62. The van der Waals surface area contributed by atoms with Crippen molar-refractivity contribution in [2.24, 2.45) is 17.8 Å². The van der Waals surface area contributed by atoms with Crippen LogP contribution in [0, 0.1) is 17.8 Å². The number of amides is 1. The maximum Gasteiger partial charge on any atom is 0.251 e. The van der Waals surface area contributed by atoms with Crippen LogP contribution in [0.5, 0.6) is 0 Å². The molecule has 2 bridgehead atoms. The lowest BCUT2D eigenvalue weighted by molar-refractivity contribution is 0.0941. The largest absolute Gasteiger partial charge is 0.352 e. The summed E-state index contributed by atoms with van der Waals surface area (Å²) < 4.78 is 0.954. The number of carbonyl (C=O) groups is 1. The molecular weight excluding hydrogens is 290 g/mol. The predicted molar refractivity (Wildman–Crippen MR) is 75.4 cm³/mol. The van der Waals surface area contributed by atoms with E-state index in [2.05, 4.69) is 21.2 Å². The highest BCUT2D eigenvalue weighted by Gasteiger charge is 2.39. The summed E-state index contributed by atoms with van der Waals surface area (Å²) in [7, 11) is 0. The smallest absolute Gasteiger partial charge is 0.251 e. The van der Waals surface area contributed by atoms with Crippen molar-refractivity contribution < 1.29 is 4.79 Å². The van der Waals surface area contributed by atoms with Crippen molar-refractivity contribution in [3.63, 3.8) is 0 Å². The molecule has 2 aliphatic rings. The van der Waals surface area contributed by atoms with Gasteiger partial charge in [0.05, 0.1) is 0 Å². The zero-order valence-corrected chi connectivity index (χ0v) is 11.9. The molecule has 0 aromatic heterocycles. The van der Waals surface area contributed by atoms with Gasteiger partial charge in [-0.15, -0.1) is 0 Å². The number of nitrogens with one attached hydrogen (secondary N) is 1. The third-order valence-electron chi connectivity index (χ3n) is 4.50. The number of hydrogen-bond donors (Lipinski definition) is 1. The molecule has 1 N–H and O–H groups in total. The molecule has 2 aliphatic carbocycles. The van der Waals surface area contributed by atoms with Gasteiger partial charge in [0.1, 0.15) is 0 Å². The van der Waals surface area contributed by atoms with Crippen LogP contribution in [0.25, 0.3) is 0 Å². The Balaban J connectivity index is 1.56. The minimum absolute atomic E-state index is 0.0547. The van der Waals surface area contributed by atoms with E-state index in [1.165, 1.54) is 25.7 Å². The summed E-state index contributed by atoms with van der Waals surface area (Å²) in [5.74, 6) is 2.60. The second-order valence-electron chi connectivity index (χ2n) is 5.66. The van der Waals surface area contributed by atoms with Crippen molar-refractivity contribution in [1.82, 2.24) is 5.32 Å². The third kappa shape index (κ3) is 2.46. The molecule has 0 saturated heterocycles. The van der Waals surface area contributed by atoms with Gasteiger partial charge in [-0.3, -0.25) is 4.79 Å².